The maximum absolute atomic E-state index is 9.93. The number of nitrogens with zero attached hydrogens (tertiary/aromatic N) is 1. The van der Waals surface area contributed by atoms with E-state index in [1.165, 1.54) is 0 Å². The molecule has 1 N–H and O–H groups in total. The lowest BCUT2D eigenvalue weighted by molar-refractivity contribution is 0.0182. The minimum absolute atomic E-state index is 0.466. The Hall–Kier alpha value is -0.550. The molecule has 0 bridgehead atoms. The van der Waals surface area contributed by atoms with Crippen molar-refractivity contribution in [3.63, 3.8) is 0 Å². The molecule has 0 heterocycles. The quantitative estimate of drug-likeness (QED) is 0.664. The van der Waals surface area contributed by atoms with Gasteiger partial charge in [-0.25, -0.2) is 0 Å². The van der Waals surface area contributed by atoms with Gasteiger partial charge in [0.2, 0.25) is 0 Å². The average Bonchev–Trinajstić information content (AvgIpc) is 2.11. The van der Waals surface area contributed by atoms with Crippen LogP contribution in [0.3, 0.4) is 0 Å². The van der Waals surface area contributed by atoms with Crippen LogP contribution in [0.25, 0.3) is 0 Å². The van der Waals surface area contributed by atoms with E-state index in [-0.39, 0.29) is 0 Å². The Morgan fingerprint density at radius 3 is 2.42 bits per heavy atom. The van der Waals surface area contributed by atoms with Crippen molar-refractivity contribution in [2.24, 2.45) is 0 Å². The van der Waals surface area contributed by atoms with Crippen molar-refractivity contribution in [1.82, 2.24) is 0 Å². The largest absolute Gasteiger partial charge is 0.390 e. The fraction of sp³-hybridized carbons (Fsp3) is 0.900. The first-order valence-corrected chi connectivity index (χ1v) is 4.78. The lowest BCUT2D eigenvalue weighted by Crippen LogP contribution is -2.27. The van der Waals surface area contributed by atoms with E-state index >= 15 is 0 Å². The Labute approximate surface area is 75.2 Å². The molecule has 0 saturated heterocycles. The number of rotatable bonds is 6. The number of unbranched alkanes of at least 4 members (excludes halogenated alkanes) is 1. The molecular weight excluding hydrogens is 150 g/mol. The minimum Gasteiger partial charge on any atom is -0.390 e. The first kappa shape index (κ1) is 11.4. The smallest absolute Gasteiger partial charge is 0.0655 e. The maximum atomic E-state index is 9.93. The summed E-state index contributed by atoms with van der Waals surface area (Å²) >= 11 is 0. The van der Waals surface area contributed by atoms with Gasteiger partial charge in [0.05, 0.1) is 11.7 Å². The average molecular weight is 169 g/mol. The van der Waals surface area contributed by atoms with Gasteiger partial charge in [-0.1, -0.05) is 26.7 Å². The third kappa shape index (κ3) is 4.35. The summed E-state index contributed by atoms with van der Waals surface area (Å²) in [6.45, 7) is 4.09. The molecule has 12 heavy (non-hydrogen) atoms. The summed E-state index contributed by atoms with van der Waals surface area (Å²) in [5, 5.41) is 18.3. The summed E-state index contributed by atoms with van der Waals surface area (Å²) in [7, 11) is 0. The maximum Gasteiger partial charge on any atom is 0.0655 e. The third-order valence-electron chi connectivity index (χ3n) is 2.36. The first-order chi connectivity index (χ1) is 5.68. The number of nitriles is 1. The molecule has 70 valence electrons. The van der Waals surface area contributed by atoms with Gasteiger partial charge < -0.3 is 5.11 Å². The standard InChI is InChI=1S/C10H19NO/c1-3-5-7-10(12,4-2)8-6-9-11/h12H,3-8H2,1-2H3. The topological polar surface area (TPSA) is 44.0 Å². The van der Waals surface area contributed by atoms with Crippen molar-refractivity contribution >= 4 is 0 Å². The van der Waals surface area contributed by atoms with Gasteiger partial charge in [-0.2, -0.15) is 5.26 Å². The second-order valence-corrected chi connectivity index (χ2v) is 3.34. The Balaban J connectivity index is 3.79. The van der Waals surface area contributed by atoms with Crippen LogP contribution in [-0.2, 0) is 0 Å². The second kappa shape index (κ2) is 6.02. The van der Waals surface area contributed by atoms with E-state index in [4.69, 9.17) is 5.26 Å². The van der Waals surface area contributed by atoms with Crippen molar-refractivity contribution in [2.45, 2.75) is 58.0 Å². The van der Waals surface area contributed by atoms with Gasteiger partial charge >= 0.3 is 0 Å². The second-order valence-electron chi connectivity index (χ2n) is 3.34. The summed E-state index contributed by atoms with van der Waals surface area (Å²) in [6.07, 6.45) is 4.84. The number of aliphatic hydroxyl groups is 1. The van der Waals surface area contributed by atoms with Crippen molar-refractivity contribution < 1.29 is 5.11 Å². The van der Waals surface area contributed by atoms with Crippen LogP contribution in [0.15, 0.2) is 0 Å². The van der Waals surface area contributed by atoms with Crippen molar-refractivity contribution in [1.29, 1.82) is 5.26 Å². The molecule has 0 saturated carbocycles. The molecule has 1 atom stereocenters. The van der Waals surface area contributed by atoms with Crippen LogP contribution in [0, 0.1) is 11.3 Å². The van der Waals surface area contributed by atoms with Gasteiger partial charge in [0.25, 0.3) is 0 Å². The van der Waals surface area contributed by atoms with E-state index in [0.717, 1.165) is 25.7 Å². The molecule has 0 spiro atoms. The van der Waals surface area contributed by atoms with E-state index in [1.807, 2.05) is 6.92 Å². The van der Waals surface area contributed by atoms with Gasteiger partial charge in [-0.05, 0) is 19.3 Å². The highest BCUT2D eigenvalue weighted by molar-refractivity contribution is 4.82. The summed E-state index contributed by atoms with van der Waals surface area (Å²) in [4.78, 5) is 0. The fourth-order valence-electron chi connectivity index (χ4n) is 1.27. The molecule has 0 radical (unpaired) electrons. The number of hydrogen-bond donors (Lipinski definition) is 1. The molecule has 2 nitrogen and oxygen atoms in total. The molecule has 0 aliphatic heterocycles. The molecule has 0 rings (SSSR count). The SMILES string of the molecule is CCCCC(O)(CC)CCC#N. The predicted octanol–water partition coefficient (Wildman–Crippen LogP) is 2.62. The monoisotopic (exact) mass is 169 g/mol. The van der Waals surface area contributed by atoms with Crippen LogP contribution in [0.2, 0.25) is 0 Å². The van der Waals surface area contributed by atoms with Crippen LogP contribution in [0.1, 0.15) is 52.4 Å². The van der Waals surface area contributed by atoms with Gasteiger partial charge in [-0.15, -0.1) is 0 Å². The Morgan fingerprint density at radius 1 is 1.33 bits per heavy atom. The van der Waals surface area contributed by atoms with Crippen molar-refractivity contribution in [2.75, 3.05) is 0 Å². The van der Waals surface area contributed by atoms with Crippen LogP contribution in [-0.4, -0.2) is 10.7 Å². The molecule has 0 aliphatic rings. The molecule has 0 aliphatic carbocycles. The summed E-state index contributed by atoms with van der Waals surface area (Å²) < 4.78 is 0. The highest BCUT2D eigenvalue weighted by atomic mass is 16.3. The highest BCUT2D eigenvalue weighted by Crippen LogP contribution is 2.23. The van der Waals surface area contributed by atoms with E-state index in [1.54, 1.807) is 0 Å². The van der Waals surface area contributed by atoms with E-state index in [9.17, 15) is 5.11 Å². The lowest BCUT2D eigenvalue weighted by atomic mass is 9.89. The zero-order valence-corrected chi connectivity index (χ0v) is 8.14. The molecule has 0 aromatic rings. The molecule has 2 heteroatoms. The Kier molecular flexibility index (Phi) is 5.74. The predicted molar refractivity (Wildman–Crippen MR) is 49.6 cm³/mol. The third-order valence-corrected chi connectivity index (χ3v) is 2.36. The zero-order valence-electron chi connectivity index (χ0n) is 8.14. The normalized spacial score (nSPS) is 15.2. The number of hydrogen-bond acceptors (Lipinski definition) is 2. The molecule has 0 aromatic carbocycles. The van der Waals surface area contributed by atoms with Crippen LogP contribution < -0.4 is 0 Å². The van der Waals surface area contributed by atoms with Crippen molar-refractivity contribution in [3.05, 3.63) is 0 Å². The fourth-order valence-corrected chi connectivity index (χ4v) is 1.27. The summed E-state index contributed by atoms with van der Waals surface area (Å²) in [5.41, 5.74) is -0.578. The van der Waals surface area contributed by atoms with Crippen LogP contribution in [0.4, 0.5) is 0 Å². The van der Waals surface area contributed by atoms with Crippen LogP contribution in [0.5, 0.6) is 0 Å². The molecule has 0 amide bonds. The summed E-state index contributed by atoms with van der Waals surface area (Å²) in [5.74, 6) is 0. The summed E-state index contributed by atoms with van der Waals surface area (Å²) in [6, 6.07) is 2.07. The lowest BCUT2D eigenvalue weighted by Gasteiger charge is -2.25. The van der Waals surface area contributed by atoms with Gasteiger partial charge in [0.1, 0.15) is 0 Å². The minimum atomic E-state index is -0.578. The van der Waals surface area contributed by atoms with Crippen LogP contribution >= 0.6 is 0 Å². The van der Waals surface area contributed by atoms with E-state index < -0.39 is 5.60 Å². The molecule has 1 unspecified atom stereocenters. The van der Waals surface area contributed by atoms with Gasteiger partial charge in [-0.3, -0.25) is 0 Å². The molecular formula is C10H19NO. The van der Waals surface area contributed by atoms with E-state index in [0.29, 0.717) is 12.8 Å². The highest BCUT2D eigenvalue weighted by Gasteiger charge is 2.22. The first-order valence-electron chi connectivity index (χ1n) is 4.78. The van der Waals surface area contributed by atoms with Gasteiger partial charge in [0.15, 0.2) is 0 Å². The molecule has 0 aromatic heterocycles. The zero-order chi connectivity index (χ0) is 9.45. The van der Waals surface area contributed by atoms with Gasteiger partial charge in [0, 0.05) is 6.42 Å². The Bertz CT molecular complexity index is 150. The molecule has 0 fully saturated rings. The van der Waals surface area contributed by atoms with E-state index in [2.05, 4.69) is 13.0 Å². The Morgan fingerprint density at radius 2 is 2.00 bits per heavy atom. The van der Waals surface area contributed by atoms with Crippen molar-refractivity contribution in [3.8, 4) is 6.07 Å².